The van der Waals surface area contributed by atoms with Crippen molar-refractivity contribution in [3.63, 3.8) is 0 Å². The fourth-order valence-corrected chi connectivity index (χ4v) is 3.08. The zero-order valence-electron chi connectivity index (χ0n) is 13.2. The molecule has 2 N–H and O–H groups in total. The quantitative estimate of drug-likeness (QED) is 0.764. The van der Waals surface area contributed by atoms with E-state index >= 15 is 0 Å². The molecule has 0 aliphatic carbocycles. The van der Waals surface area contributed by atoms with Crippen molar-refractivity contribution in [3.8, 4) is 0 Å². The number of aliphatic hydroxyl groups is 1. The van der Waals surface area contributed by atoms with Crippen molar-refractivity contribution in [2.75, 3.05) is 40.0 Å². The molecule has 1 aliphatic rings. The highest BCUT2D eigenvalue weighted by molar-refractivity contribution is 5.24. The number of hydrogen-bond acceptors (Lipinski definition) is 4. The van der Waals surface area contributed by atoms with Gasteiger partial charge in [0.05, 0.1) is 18.8 Å². The van der Waals surface area contributed by atoms with Gasteiger partial charge in [-0.3, -0.25) is 0 Å². The standard InChI is InChI=1S/C17H28N2O2/c1-3-18-17(14-20,15-7-5-4-6-8-15)10-11-19(2)16-9-12-21-13-16/h4-8,16,18,20H,3,9-14H2,1-2H3. The first-order valence-corrected chi connectivity index (χ1v) is 7.91. The van der Waals surface area contributed by atoms with Crippen molar-refractivity contribution >= 4 is 0 Å². The van der Waals surface area contributed by atoms with Crippen molar-refractivity contribution in [1.29, 1.82) is 0 Å². The third-order valence-electron chi connectivity index (χ3n) is 4.53. The molecule has 1 heterocycles. The Morgan fingerprint density at radius 3 is 2.71 bits per heavy atom. The molecule has 2 atom stereocenters. The van der Waals surface area contributed by atoms with E-state index in [9.17, 15) is 5.11 Å². The van der Waals surface area contributed by atoms with E-state index < -0.39 is 0 Å². The Balaban J connectivity index is 2.05. The predicted molar refractivity (Wildman–Crippen MR) is 85.4 cm³/mol. The molecule has 1 aromatic rings. The van der Waals surface area contributed by atoms with Crippen LogP contribution in [0.5, 0.6) is 0 Å². The molecule has 118 valence electrons. The first kappa shape index (κ1) is 16.4. The van der Waals surface area contributed by atoms with Crippen molar-refractivity contribution in [2.24, 2.45) is 0 Å². The van der Waals surface area contributed by atoms with Crippen LogP contribution in [0.3, 0.4) is 0 Å². The van der Waals surface area contributed by atoms with E-state index in [2.05, 4.69) is 36.3 Å². The van der Waals surface area contributed by atoms with E-state index in [1.54, 1.807) is 0 Å². The number of likely N-dealkylation sites (N-methyl/N-ethyl adjacent to an activating group) is 2. The third-order valence-corrected chi connectivity index (χ3v) is 4.53. The van der Waals surface area contributed by atoms with Gasteiger partial charge in [0, 0.05) is 19.2 Å². The lowest BCUT2D eigenvalue weighted by Crippen LogP contribution is -2.48. The molecule has 1 saturated heterocycles. The summed E-state index contributed by atoms with van der Waals surface area (Å²) in [5, 5.41) is 13.5. The monoisotopic (exact) mass is 292 g/mol. The summed E-state index contributed by atoms with van der Waals surface area (Å²) in [5.74, 6) is 0. The topological polar surface area (TPSA) is 44.7 Å². The van der Waals surface area contributed by atoms with Crippen LogP contribution < -0.4 is 5.32 Å². The van der Waals surface area contributed by atoms with Gasteiger partial charge in [0.15, 0.2) is 0 Å². The van der Waals surface area contributed by atoms with E-state index in [0.717, 1.165) is 44.7 Å². The summed E-state index contributed by atoms with van der Waals surface area (Å²) >= 11 is 0. The van der Waals surface area contributed by atoms with Gasteiger partial charge in [-0.2, -0.15) is 0 Å². The molecule has 0 amide bonds. The number of rotatable bonds is 8. The molecule has 0 spiro atoms. The molecular formula is C17H28N2O2. The van der Waals surface area contributed by atoms with E-state index in [4.69, 9.17) is 4.74 Å². The first-order chi connectivity index (χ1) is 10.2. The second kappa shape index (κ2) is 7.90. The van der Waals surface area contributed by atoms with Crippen LogP contribution in [-0.4, -0.2) is 56.0 Å². The number of hydrogen-bond donors (Lipinski definition) is 2. The Labute approximate surface area is 128 Å². The highest BCUT2D eigenvalue weighted by Gasteiger charge is 2.31. The average Bonchev–Trinajstić information content (AvgIpc) is 3.06. The third kappa shape index (κ3) is 4.04. The maximum Gasteiger partial charge on any atom is 0.0681 e. The van der Waals surface area contributed by atoms with Crippen molar-refractivity contribution in [1.82, 2.24) is 10.2 Å². The second-order valence-corrected chi connectivity index (χ2v) is 5.88. The van der Waals surface area contributed by atoms with Crippen LogP contribution in [-0.2, 0) is 10.3 Å². The van der Waals surface area contributed by atoms with Gasteiger partial charge in [0.2, 0.25) is 0 Å². The molecule has 0 saturated carbocycles. The fourth-order valence-electron chi connectivity index (χ4n) is 3.08. The summed E-state index contributed by atoms with van der Waals surface area (Å²) in [7, 11) is 2.15. The molecule has 0 aromatic heterocycles. The van der Waals surface area contributed by atoms with Gasteiger partial charge in [0.1, 0.15) is 0 Å². The lowest BCUT2D eigenvalue weighted by Gasteiger charge is -2.36. The second-order valence-electron chi connectivity index (χ2n) is 5.88. The number of aliphatic hydroxyl groups excluding tert-OH is 1. The number of nitrogens with one attached hydrogen (secondary N) is 1. The smallest absolute Gasteiger partial charge is 0.0681 e. The maximum atomic E-state index is 10.0. The van der Waals surface area contributed by atoms with E-state index in [1.165, 1.54) is 0 Å². The molecule has 1 fully saturated rings. The van der Waals surface area contributed by atoms with E-state index in [-0.39, 0.29) is 12.1 Å². The van der Waals surface area contributed by atoms with Gasteiger partial charge in [-0.15, -0.1) is 0 Å². The Morgan fingerprint density at radius 2 is 2.14 bits per heavy atom. The lowest BCUT2D eigenvalue weighted by molar-refractivity contribution is 0.120. The fraction of sp³-hybridized carbons (Fsp3) is 0.647. The summed E-state index contributed by atoms with van der Waals surface area (Å²) < 4.78 is 5.46. The molecule has 21 heavy (non-hydrogen) atoms. The van der Waals surface area contributed by atoms with E-state index in [1.807, 2.05) is 18.2 Å². The minimum absolute atomic E-state index is 0.111. The Morgan fingerprint density at radius 1 is 1.38 bits per heavy atom. The minimum Gasteiger partial charge on any atom is -0.394 e. The molecule has 0 bridgehead atoms. The Kier molecular flexibility index (Phi) is 6.18. The Hall–Kier alpha value is -0.940. The molecule has 2 rings (SSSR count). The maximum absolute atomic E-state index is 10.0. The van der Waals surface area contributed by atoms with Gasteiger partial charge in [-0.25, -0.2) is 0 Å². The average molecular weight is 292 g/mol. The Bertz CT molecular complexity index is 407. The largest absolute Gasteiger partial charge is 0.394 e. The summed E-state index contributed by atoms with van der Waals surface area (Å²) in [6.45, 7) is 5.67. The molecule has 1 aromatic carbocycles. The summed E-state index contributed by atoms with van der Waals surface area (Å²) in [4.78, 5) is 2.36. The van der Waals surface area contributed by atoms with Gasteiger partial charge >= 0.3 is 0 Å². The number of benzene rings is 1. The molecule has 4 heteroatoms. The molecule has 4 nitrogen and oxygen atoms in total. The van der Waals surface area contributed by atoms with Crippen molar-refractivity contribution < 1.29 is 9.84 Å². The van der Waals surface area contributed by atoms with Gasteiger partial charge in [-0.05, 0) is 32.0 Å². The minimum atomic E-state index is -0.357. The zero-order chi connectivity index (χ0) is 15.1. The number of nitrogens with zero attached hydrogens (tertiary/aromatic N) is 1. The highest BCUT2D eigenvalue weighted by atomic mass is 16.5. The first-order valence-electron chi connectivity index (χ1n) is 7.91. The lowest BCUT2D eigenvalue weighted by atomic mass is 9.87. The van der Waals surface area contributed by atoms with Crippen molar-refractivity contribution in [2.45, 2.75) is 31.3 Å². The zero-order valence-corrected chi connectivity index (χ0v) is 13.2. The van der Waals surface area contributed by atoms with Gasteiger partial charge < -0.3 is 20.1 Å². The van der Waals surface area contributed by atoms with Crippen LogP contribution in [0.15, 0.2) is 30.3 Å². The van der Waals surface area contributed by atoms with Gasteiger partial charge in [0.25, 0.3) is 0 Å². The van der Waals surface area contributed by atoms with Crippen molar-refractivity contribution in [3.05, 3.63) is 35.9 Å². The summed E-state index contributed by atoms with van der Waals surface area (Å²) in [6.07, 6.45) is 1.99. The summed E-state index contributed by atoms with van der Waals surface area (Å²) in [5.41, 5.74) is 0.800. The van der Waals surface area contributed by atoms with Crippen LogP contribution in [0.1, 0.15) is 25.3 Å². The predicted octanol–water partition coefficient (Wildman–Crippen LogP) is 1.59. The molecule has 2 unspecified atom stereocenters. The summed E-state index contributed by atoms with van der Waals surface area (Å²) in [6, 6.07) is 10.8. The van der Waals surface area contributed by atoms with Crippen LogP contribution in [0, 0.1) is 0 Å². The van der Waals surface area contributed by atoms with Crippen LogP contribution in [0.2, 0.25) is 0 Å². The molecule has 0 radical (unpaired) electrons. The van der Waals surface area contributed by atoms with E-state index in [0.29, 0.717) is 6.04 Å². The number of ether oxygens (including phenoxy) is 1. The SMILES string of the molecule is CCNC(CO)(CCN(C)C1CCOC1)c1ccccc1. The van der Waals surface area contributed by atoms with Crippen LogP contribution in [0.4, 0.5) is 0 Å². The normalized spacial score (nSPS) is 21.6. The van der Waals surface area contributed by atoms with Crippen LogP contribution in [0.25, 0.3) is 0 Å². The highest BCUT2D eigenvalue weighted by Crippen LogP contribution is 2.25. The van der Waals surface area contributed by atoms with Gasteiger partial charge in [-0.1, -0.05) is 37.3 Å². The molecule has 1 aliphatic heterocycles. The molecular weight excluding hydrogens is 264 g/mol. The van der Waals surface area contributed by atoms with Crippen LogP contribution >= 0.6 is 0 Å².